The first-order chi connectivity index (χ1) is 20.0. The van der Waals surface area contributed by atoms with Crippen LogP contribution in [-0.4, -0.2) is 36.4 Å². The molecule has 0 aliphatic heterocycles. The van der Waals surface area contributed by atoms with E-state index in [1.54, 1.807) is 0 Å². The van der Waals surface area contributed by atoms with Crippen LogP contribution in [0.3, 0.4) is 0 Å². The van der Waals surface area contributed by atoms with Crippen LogP contribution in [-0.2, 0) is 19.1 Å². The molecule has 5 nitrogen and oxygen atoms in total. The minimum atomic E-state index is -0.761. The van der Waals surface area contributed by atoms with Crippen LogP contribution in [0.2, 0.25) is 0 Å². The third-order valence-electron chi connectivity index (χ3n) is 8.44. The van der Waals surface area contributed by atoms with Crippen molar-refractivity contribution in [2.24, 2.45) is 5.92 Å². The summed E-state index contributed by atoms with van der Waals surface area (Å²) in [6, 6.07) is 0. The highest BCUT2D eigenvalue weighted by Crippen LogP contribution is 2.16. The Bertz CT molecular complexity index is 564. The summed E-state index contributed by atoms with van der Waals surface area (Å²) in [5.74, 6) is 0.298. The van der Waals surface area contributed by atoms with Crippen molar-refractivity contribution in [3.8, 4) is 0 Å². The molecule has 0 radical (unpaired) electrons. The van der Waals surface area contributed by atoms with E-state index in [2.05, 4.69) is 20.8 Å². The molecule has 0 aromatic rings. The topological polar surface area (TPSA) is 72.8 Å². The Hall–Kier alpha value is -1.10. The third kappa shape index (κ3) is 30.2. The van der Waals surface area contributed by atoms with Crippen LogP contribution in [0.15, 0.2) is 0 Å². The monoisotopic (exact) mass is 583 g/mol. The predicted molar refractivity (Wildman–Crippen MR) is 173 cm³/mol. The van der Waals surface area contributed by atoms with E-state index in [1.165, 1.54) is 122 Å². The quantitative estimate of drug-likeness (QED) is 0.0631. The highest BCUT2D eigenvalue weighted by atomic mass is 16.6. The number of esters is 2. The second kappa shape index (κ2) is 31.8. The summed E-state index contributed by atoms with van der Waals surface area (Å²) in [4.78, 5) is 24.1. The first-order valence-electron chi connectivity index (χ1n) is 18.0. The number of ether oxygens (including phenoxy) is 2. The normalized spacial score (nSPS) is 12.8. The van der Waals surface area contributed by atoms with Gasteiger partial charge in [0.1, 0.15) is 6.61 Å². The molecule has 0 aliphatic rings. The largest absolute Gasteiger partial charge is 0.462 e. The molecule has 0 amide bonds. The molecule has 0 saturated heterocycles. The number of aliphatic hydroxyl groups excluding tert-OH is 1. The van der Waals surface area contributed by atoms with Crippen LogP contribution < -0.4 is 0 Å². The fraction of sp³-hybridized carbons (Fsp3) is 0.944. The molecule has 0 saturated carbocycles. The lowest BCUT2D eigenvalue weighted by atomic mass is 9.99. The molecule has 0 aliphatic carbocycles. The number of hydrogen-bond acceptors (Lipinski definition) is 5. The lowest BCUT2D eigenvalue weighted by Gasteiger charge is -2.15. The summed E-state index contributed by atoms with van der Waals surface area (Å²) in [6.07, 6.45) is 31.5. The summed E-state index contributed by atoms with van der Waals surface area (Å²) >= 11 is 0. The highest BCUT2D eigenvalue weighted by Gasteiger charge is 2.16. The van der Waals surface area contributed by atoms with Gasteiger partial charge in [0.05, 0.1) is 6.61 Å². The van der Waals surface area contributed by atoms with Crippen LogP contribution in [0.5, 0.6) is 0 Å². The predicted octanol–water partition coefficient (Wildman–Crippen LogP) is 10.6. The Balaban J connectivity index is 3.54. The van der Waals surface area contributed by atoms with Crippen molar-refractivity contribution in [2.45, 2.75) is 200 Å². The molecule has 244 valence electrons. The van der Waals surface area contributed by atoms with E-state index in [4.69, 9.17) is 9.47 Å². The Morgan fingerprint density at radius 2 is 0.951 bits per heavy atom. The smallest absolute Gasteiger partial charge is 0.306 e. The van der Waals surface area contributed by atoms with Gasteiger partial charge in [-0.1, -0.05) is 168 Å². The van der Waals surface area contributed by atoms with Crippen LogP contribution >= 0.6 is 0 Å². The molecule has 0 aromatic heterocycles. The van der Waals surface area contributed by atoms with Gasteiger partial charge in [-0.2, -0.15) is 0 Å². The van der Waals surface area contributed by atoms with Crippen LogP contribution in [0, 0.1) is 5.92 Å². The molecule has 0 aromatic carbocycles. The lowest BCUT2D eigenvalue weighted by Crippen LogP contribution is -2.28. The van der Waals surface area contributed by atoms with Gasteiger partial charge in [0, 0.05) is 12.8 Å². The standard InChI is InChI=1S/C36H70O5/c1-4-6-7-8-9-10-11-12-13-18-21-24-27-30-36(39)41-34(31-37)32-40-35(38)29-26-23-20-17-15-14-16-19-22-25-28-33(3)5-2/h33-34,37H,4-32H2,1-3H3/t33?,34-/m0/s1. The van der Waals surface area contributed by atoms with E-state index in [9.17, 15) is 14.7 Å². The summed E-state index contributed by atoms with van der Waals surface area (Å²) in [6.45, 7) is 6.51. The van der Waals surface area contributed by atoms with Gasteiger partial charge in [-0.3, -0.25) is 9.59 Å². The van der Waals surface area contributed by atoms with Gasteiger partial charge in [-0.25, -0.2) is 0 Å². The highest BCUT2D eigenvalue weighted by molar-refractivity contribution is 5.70. The molecule has 0 fully saturated rings. The Morgan fingerprint density at radius 3 is 1.37 bits per heavy atom. The summed E-state index contributed by atoms with van der Waals surface area (Å²) < 4.78 is 10.6. The van der Waals surface area contributed by atoms with Crippen LogP contribution in [0.4, 0.5) is 0 Å². The van der Waals surface area contributed by atoms with Crippen molar-refractivity contribution in [1.82, 2.24) is 0 Å². The molecular formula is C36H70O5. The van der Waals surface area contributed by atoms with Crippen LogP contribution in [0.1, 0.15) is 194 Å². The van der Waals surface area contributed by atoms with Gasteiger partial charge in [-0.15, -0.1) is 0 Å². The van der Waals surface area contributed by atoms with Crippen molar-refractivity contribution >= 4 is 11.9 Å². The molecule has 41 heavy (non-hydrogen) atoms. The first-order valence-corrected chi connectivity index (χ1v) is 18.0. The summed E-state index contributed by atoms with van der Waals surface area (Å²) in [7, 11) is 0. The first kappa shape index (κ1) is 39.9. The number of carbonyl (C=O) groups is 2. The maximum absolute atomic E-state index is 12.1. The second-order valence-corrected chi connectivity index (χ2v) is 12.6. The van der Waals surface area contributed by atoms with E-state index >= 15 is 0 Å². The van der Waals surface area contributed by atoms with E-state index in [0.717, 1.165) is 44.4 Å². The third-order valence-corrected chi connectivity index (χ3v) is 8.44. The minimum Gasteiger partial charge on any atom is -0.462 e. The second-order valence-electron chi connectivity index (χ2n) is 12.6. The average molecular weight is 583 g/mol. The van der Waals surface area contributed by atoms with Crippen molar-refractivity contribution < 1.29 is 24.2 Å². The van der Waals surface area contributed by atoms with Crippen molar-refractivity contribution in [1.29, 1.82) is 0 Å². The van der Waals surface area contributed by atoms with Crippen LogP contribution in [0.25, 0.3) is 0 Å². The maximum Gasteiger partial charge on any atom is 0.306 e. The van der Waals surface area contributed by atoms with E-state index < -0.39 is 6.10 Å². The Kier molecular flexibility index (Phi) is 31.0. The number of aliphatic hydroxyl groups is 1. The fourth-order valence-corrected chi connectivity index (χ4v) is 5.29. The minimum absolute atomic E-state index is 0.0585. The van der Waals surface area contributed by atoms with Gasteiger partial charge in [0.25, 0.3) is 0 Å². The zero-order valence-electron chi connectivity index (χ0n) is 27.7. The van der Waals surface area contributed by atoms with Gasteiger partial charge in [0.15, 0.2) is 6.10 Å². The van der Waals surface area contributed by atoms with E-state index in [1.807, 2.05) is 0 Å². The molecule has 0 bridgehead atoms. The lowest BCUT2D eigenvalue weighted by molar-refractivity contribution is -0.161. The van der Waals surface area contributed by atoms with Crippen molar-refractivity contribution in [2.75, 3.05) is 13.2 Å². The molecular weight excluding hydrogens is 512 g/mol. The maximum atomic E-state index is 12.1. The molecule has 0 heterocycles. The Morgan fingerprint density at radius 1 is 0.561 bits per heavy atom. The molecule has 2 atom stereocenters. The van der Waals surface area contributed by atoms with Gasteiger partial charge in [-0.05, 0) is 18.8 Å². The molecule has 1 N–H and O–H groups in total. The molecule has 0 spiro atoms. The average Bonchev–Trinajstić information content (AvgIpc) is 2.97. The van der Waals surface area contributed by atoms with Gasteiger partial charge in [0.2, 0.25) is 0 Å². The van der Waals surface area contributed by atoms with Crippen molar-refractivity contribution in [3.05, 3.63) is 0 Å². The number of carbonyl (C=O) groups excluding carboxylic acids is 2. The SMILES string of the molecule is CCCCCCCCCCCCCCCC(=O)O[C@@H](CO)COC(=O)CCCCCCCCCCCCC(C)CC. The summed E-state index contributed by atoms with van der Waals surface area (Å²) in [5, 5.41) is 9.51. The van der Waals surface area contributed by atoms with E-state index in [0.29, 0.717) is 12.8 Å². The van der Waals surface area contributed by atoms with Gasteiger partial charge >= 0.3 is 11.9 Å². The number of rotatable bonds is 32. The molecule has 0 rings (SSSR count). The molecule has 1 unspecified atom stereocenters. The Labute approximate surface area is 255 Å². The summed E-state index contributed by atoms with van der Waals surface area (Å²) in [5.41, 5.74) is 0. The zero-order valence-corrected chi connectivity index (χ0v) is 27.7. The fourth-order valence-electron chi connectivity index (χ4n) is 5.29. The zero-order chi connectivity index (χ0) is 30.2. The van der Waals surface area contributed by atoms with Crippen molar-refractivity contribution in [3.63, 3.8) is 0 Å². The number of hydrogen-bond donors (Lipinski definition) is 1. The molecule has 5 heteroatoms. The van der Waals surface area contributed by atoms with Gasteiger partial charge < -0.3 is 14.6 Å². The van der Waals surface area contributed by atoms with E-state index in [-0.39, 0.29) is 25.2 Å². The number of unbranched alkanes of at least 4 members (excludes halogenated alkanes) is 21.